The van der Waals surface area contributed by atoms with E-state index < -0.39 is 5.41 Å². The molecule has 256 valence electrons. The largest absolute Gasteiger partial charge is 0.455 e. The second-order valence-corrected chi connectivity index (χ2v) is 14.8. The van der Waals surface area contributed by atoms with Crippen molar-refractivity contribution in [3.63, 3.8) is 0 Å². The first-order valence-corrected chi connectivity index (χ1v) is 19.0. The summed E-state index contributed by atoms with van der Waals surface area (Å²) in [4.78, 5) is 2.38. The third kappa shape index (κ3) is 4.14. The Morgan fingerprint density at radius 2 is 0.855 bits per heavy atom. The quantitative estimate of drug-likeness (QED) is 0.182. The SMILES string of the molecule is c1ccc(-c2cc3c4ccc(N(c5ccccc5)c5ccc6c(c5)C5(c7ccccc7-c7ccccc75)c5ccccc5-6)cc4oc3c3ccccc23)cc1. The van der Waals surface area contributed by atoms with Gasteiger partial charge in [-0.15, -0.1) is 0 Å². The summed E-state index contributed by atoms with van der Waals surface area (Å²) in [7, 11) is 0. The van der Waals surface area contributed by atoms with Gasteiger partial charge in [-0.2, -0.15) is 0 Å². The standard InChI is InChI=1S/C53H33NO/c1-3-15-34(16-4-1)45-33-46-43-30-28-37(32-51(43)55-52(46)44-23-8-7-19-38(44)45)54(35-17-5-2-6-18-35)36-27-29-42-41-22-11-14-26-49(41)53(50(42)31-36)47-24-12-9-20-39(47)40-21-10-13-25-48(40)53/h1-33H. The lowest BCUT2D eigenvalue weighted by Gasteiger charge is -2.32. The molecule has 2 aliphatic rings. The lowest BCUT2D eigenvalue weighted by molar-refractivity contribution is 0.673. The highest BCUT2D eigenvalue weighted by molar-refractivity contribution is 6.19. The molecule has 0 fully saturated rings. The van der Waals surface area contributed by atoms with Crippen molar-refractivity contribution in [3.8, 4) is 33.4 Å². The summed E-state index contributed by atoms with van der Waals surface area (Å²) in [5.74, 6) is 0. The number of hydrogen-bond acceptors (Lipinski definition) is 2. The Morgan fingerprint density at radius 3 is 1.53 bits per heavy atom. The van der Waals surface area contributed by atoms with Crippen molar-refractivity contribution >= 4 is 49.8 Å². The maximum absolute atomic E-state index is 6.86. The van der Waals surface area contributed by atoms with Crippen LogP contribution in [0.15, 0.2) is 205 Å². The van der Waals surface area contributed by atoms with E-state index >= 15 is 0 Å². The van der Waals surface area contributed by atoms with E-state index in [1.807, 2.05) is 0 Å². The Morgan fingerprint density at radius 1 is 0.327 bits per heavy atom. The maximum Gasteiger partial charge on any atom is 0.143 e. The molecule has 0 atom stereocenters. The average Bonchev–Trinajstić information content (AvgIpc) is 3.88. The van der Waals surface area contributed by atoms with Gasteiger partial charge in [0.2, 0.25) is 0 Å². The smallest absolute Gasteiger partial charge is 0.143 e. The summed E-state index contributed by atoms with van der Waals surface area (Å²) >= 11 is 0. The fourth-order valence-electron chi connectivity index (χ4n) is 9.83. The molecule has 2 heteroatoms. The van der Waals surface area contributed by atoms with E-state index in [1.165, 1.54) is 61.0 Å². The van der Waals surface area contributed by atoms with Crippen LogP contribution < -0.4 is 4.90 Å². The first-order valence-electron chi connectivity index (χ1n) is 19.0. The maximum atomic E-state index is 6.86. The number of furan rings is 1. The van der Waals surface area contributed by atoms with Crippen molar-refractivity contribution in [3.05, 3.63) is 222 Å². The molecule has 0 N–H and O–H groups in total. The van der Waals surface area contributed by atoms with Crippen molar-refractivity contribution < 1.29 is 4.42 Å². The van der Waals surface area contributed by atoms with Crippen LogP contribution in [-0.2, 0) is 5.41 Å². The van der Waals surface area contributed by atoms with E-state index in [0.717, 1.165) is 44.4 Å². The molecule has 0 saturated carbocycles. The van der Waals surface area contributed by atoms with Gasteiger partial charge in [-0.25, -0.2) is 0 Å². The number of fused-ring (bicyclic) bond motifs is 15. The van der Waals surface area contributed by atoms with Gasteiger partial charge >= 0.3 is 0 Å². The Labute approximate surface area is 319 Å². The average molecular weight is 700 g/mol. The number of nitrogens with zero attached hydrogens (tertiary/aromatic N) is 1. The minimum atomic E-state index is -0.419. The Balaban J connectivity index is 1.09. The van der Waals surface area contributed by atoms with E-state index in [-0.39, 0.29) is 0 Å². The monoisotopic (exact) mass is 699 g/mol. The molecule has 0 amide bonds. The fourth-order valence-corrected chi connectivity index (χ4v) is 9.83. The summed E-state index contributed by atoms with van der Waals surface area (Å²) in [6.45, 7) is 0. The molecule has 0 unspecified atom stereocenters. The second kappa shape index (κ2) is 11.4. The number of hydrogen-bond donors (Lipinski definition) is 0. The van der Waals surface area contributed by atoms with Crippen molar-refractivity contribution in [2.24, 2.45) is 0 Å². The minimum absolute atomic E-state index is 0.419. The summed E-state index contributed by atoms with van der Waals surface area (Å²) in [6.07, 6.45) is 0. The molecule has 0 bridgehead atoms. The van der Waals surface area contributed by atoms with Crippen molar-refractivity contribution in [2.75, 3.05) is 4.90 Å². The van der Waals surface area contributed by atoms with E-state index in [2.05, 4.69) is 205 Å². The molecule has 0 saturated heterocycles. The molecule has 9 aromatic carbocycles. The van der Waals surface area contributed by atoms with E-state index in [4.69, 9.17) is 4.42 Å². The predicted molar refractivity (Wildman–Crippen MR) is 228 cm³/mol. The van der Waals surface area contributed by atoms with Crippen molar-refractivity contribution in [2.45, 2.75) is 5.41 Å². The molecule has 55 heavy (non-hydrogen) atoms. The van der Waals surface area contributed by atoms with E-state index in [1.54, 1.807) is 0 Å². The first-order chi connectivity index (χ1) is 27.3. The fraction of sp³-hybridized carbons (Fsp3) is 0.0189. The van der Waals surface area contributed by atoms with Gasteiger partial charge in [0.05, 0.1) is 5.41 Å². The number of para-hydroxylation sites is 1. The van der Waals surface area contributed by atoms with Crippen molar-refractivity contribution in [1.29, 1.82) is 0 Å². The normalized spacial score (nSPS) is 13.2. The van der Waals surface area contributed by atoms with E-state index in [9.17, 15) is 0 Å². The van der Waals surface area contributed by atoms with Crippen LogP contribution >= 0.6 is 0 Å². The van der Waals surface area contributed by atoms with Crippen LogP contribution in [0.3, 0.4) is 0 Å². The molecular weight excluding hydrogens is 667 g/mol. The van der Waals surface area contributed by atoms with Crippen molar-refractivity contribution in [1.82, 2.24) is 0 Å². The van der Waals surface area contributed by atoms with Gasteiger partial charge in [0, 0.05) is 39.3 Å². The summed E-state index contributed by atoms with van der Waals surface area (Å²) in [6, 6.07) is 73.1. The summed E-state index contributed by atoms with van der Waals surface area (Å²) < 4.78 is 6.86. The number of benzene rings is 9. The zero-order valence-electron chi connectivity index (χ0n) is 29.9. The zero-order valence-corrected chi connectivity index (χ0v) is 29.9. The molecular formula is C53H33NO. The van der Waals surface area contributed by atoms with Gasteiger partial charge in [-0.3, -0.25) is 0 Å². The number of rotatable bonds is 4. The third-order valence-electron chi connectivity index (χ3n) is 12.1. The van der Waals surface area contributed by atoms with Gasteiger partial charge in [0.1, 0.15) is 11.2 Å². The molecule has 0 aliphatic heterocycles. The van der Waals surface area contributed by atoms with Crippen LogP contribution in [0.25, 0.3) is 66.1 Å². The molecule has 2 nitrogen and oxygen atoms in total. The van der Waals surface area contributed by atoms with Crippen LogP contribution in [0.1, 0.15) is 22.3 Å². The molecule has 1 spiro atoms. The minimum Gasteiger partial charge on any atom is -0.455 e. The lowest BCUT2D eigenvalue weighted by Crippen LogP contribution is -2.26. The van der Waals surface area contributed by atoms with Gasteiger partial charge in [0.15, 0.2) is 0 Å². The Bertz CT molecular complexity index is 3090. The summed E-state index contributed by atoms with van der Waals surface area (Å²) in [5, 5.41) is 4.55. The zero-order chi connectivity index (χ0) is 36.1. The highest BCUT2D eigenvalue weighted by Gasteiger charge is 2.51. The molecule has 1 aromatic heterocycles. The van der Waals surface area contributed by atoms with Crippen LogP contribution in [-0.4, -0.2) is 0 Å². The van der Waals surface area contributed by atoms with E-state index in [0.29, 0.717) is 0 Å². The number of anilines is 3. The molecule has 0 radical (unpaired) electrons. The Hall–Kier alpha value is -7.16. The van der Waals surface area contributed by atoms with Gasteiger partial charge < -0.3 is 9.32 Å². The Kier molecular flexibility index (Phi) is 6.29. The summed E-state index contributed by atoms with van der Waals surface area (Å²) in [5.41, 5.74) is 17.6. The lowest BCUT2D eigenvalue weighted by atomic mass is 9.70. The molecule has 10 aromatic rings. The van der Waals surface area contributed by atoms with Crippen LogP contribution in [0, 0.1) is 0 Å². The van der Waals surface area contributed by atoms with Gasteiger partial charge in [-0.1, -0.05) is 152 Å². The van der Waals surface area contributed by atoms with Crippen LogP contribution in [0.5, 0.6) is 0 Å². The third-order valence-corrected chi connectivity index (χ3v) is 12.1. The highest BCUT2D eigenvalue weighted by atomic mass is 16.3. The molecule has 2 aliphatic carbocycles. The second-order valence-electron chi connectivity index (χ2n) is 14.8. The van der Waals surface area contributed by atoms with Crippen LogP contribution in [0.4, 0.5) is 17.1 Å². The molecule has 12 rings (SSSR count). The highest BCUT2D eigenvalue weighted by Crippen LogP contribution is 2.63. The molecule has 1 heterocycles. The predicted octanol–water partition coefficient (Wildman–Crippen LogP) is 14.2. The first kappa shape index (κ1) is 30.3. The topological polar surface area (TPSA) is 16.4 Å². The van der Waals surface area contributed by atoms with Gasteiger partial charge in [-0.05, 0) is 103 Å². The van der Waals surface area contributed by atoms with Gasteiger partial charge in [0.25, 0.3) is 0 Å². The van der Waals surface area contributed by atoms with Crippen LogP contribution in [0.2, 0.25) is 0 Å².